The first-order valence-electron chi connectivity index (χ1n) is 12.2. The van der Waals surface area contributed by atoms with E-state index in [1.54, 1.807) is 12.1 Å². The van der Waals surface area contributed by atoms with E-state index in [-0.39, 0.29) is 24.7 Å². The number of carboxylic acids is 1. The molecule has 0 aliphatic carbocycles. The Morgan fingerprint density at radius 2 is 1.89 bits per heavy atom. The van der Waals surface area contributed by atoms with Crippen molar-refractivity contribution in [3.05, 3.63) is 59.4 Å². The fourth-order valence-corrected chi connectivity index (χ4v) is 4.54. The van der Waals surface area contributed by atoms with Crippen LogP contribution in [0.1, 0.15) is 43.1 Å². The van der Waals surface area contributed by atoms with Gasteiger partial charge in [0.05, 0.1) is 17.5 Å². The van der Waals surface area contributed by atoms with Gasteiger partial charge in [-0.2, -0.15) is 0 Å². The third-order valence-corrected chi connectivity index (χ3v) is 6.63. The van der Waals surface area contributed by atoms with Crippen LogP contribution in [0.15, 0.2) is 42.5 Å². The molecular formula is C26H33N7O3. The van der Waals surface area contributed by atoms with Crippen LogP contribution in [0.2, 0.25) is 0 Å². The number of benzene rings is 2. The molecule has 10 nitrogen and oxygen atoms in total. The predicted molar refractivity (Wildman–Crippen MR) is 139 cm³/mol. The Hall–Kier alpha value is -3.92. The molecule has 1 saturated heterocycles. The van der Waals surface area contributed by atoms with Crippen LogP contribution in [0.4, 0.5) is 5.69 Å². The number of aromatic nitrogens is 2. The number of carbonyl (C=O) groups excluding carboxylic acids is 1. The average molecular weight is 492 g/mol. The molecule has 1 atom stereocenters. The number of imidazole rings is 1. The Morgan fingerprint density at radius 3 is 2.56 bits per heavy atom. The second-order valence-corrected chi connectivity index (χ2v) is 9.28. The third-order valence-electron chi connectivity index (χ3n) is 6.63. The van der Waals surface area contributed by atoms with Crippen molar-refractivity contribution < 1.29 is 14.7 Å². The number of carbonyl (C=O) groups is 2. The van der Waals surface area contributed by atoms with Crippen LogP contribution in [0.25, 0.3) is 11.0 Å². The van der Waals surface area contributed by atoms with Crippen LogP contribution in [0.3, 0.4) is 0 Å². The van der Waals surface area contributed by atoms with E-state index in [1.165, 1.54) is 0 Å². The van der Waals surface area contributed by atoms with Gasteiger partial charge in [-0.1, -0.05) is 6.07 Å². The lowest BCUT2D eigenvalue weighted by Crippen LogP contribution is -2.53. The Balaban J connectivity index is 1.48. The molecule has 3 aromatic rings. The molecule has 0 bridgehead atoms. The SMILES string of the molecule is CC(NCCC(=O)O)(C(=O)N1CCCC1)c1ccc2nc(CCNc3ccc(C(=N)N)cc3)[nH]c2c1. The average Bonchev–Trinajstić information content (AvgIpc) is 3.53. The van der Waals surface area contributed by atoms with E-state index < -0.39 is 11.5 Å². The van der Waals surface area contributed by atoms with E-state index in [4.69, 9.17) is 16.2 Å². The Bertz CT molecular complexity index is 1250. The van der Waals surface area contributed by atoms with E-state index in [0.717, 1.165) is 54.0 Å². The molecule has 1 aromatic heterocycles. The van der Waals surface area contributed by atoms with E-state index in [2.05, 4.69) is 20.6 Å². The quantitative estimate of drug-likeness (QED) is 0.177. The van der Waals surface area contributed by atoms with Gasteiger partial charge >= 0.3 is 5.97 Å². The Morgan fingerprint density at radius 1 is 1.17 bits per heavy atom. The van der Waals surface area contributed by atoms with Crippen molar-refractivity contribution in [2.45, 2.75) is 38.1 Å². The molecule has 1 aliphatic heterocycles. The zero-order valence-electron chi connectivity index (χ0n) is 20.4. The van der Waals surface area contributed by atoms with E-state index >= 15 is 0 Å². The highest BCUT2D eigenvalue weighted by molar-refractivity contribution is 5.95. The van der Waals surface area contributed by atoms with Crippen molar-refractivity contribution in [2.24, 2.45) is 5.73 Å². The van der Waals surface area contributed by atoms with E-state index in [9.17, 15) is 9.59 Å². The number of amidine groups is 1. The van der Waals surface area contributed by atoms with Crippen molar-refractivity contribution in [1.82, 2.24) is 20.2 Å². The number of H-pyrrole nitrogens is 1. The molecule has 4 rings (SSSR count). The molecule has 2 heterocycles. The van der Waals surface area contributed by atoms with Gasteiger partial charge in [-0.15, -0.1) is 0 Å². The number of carboxylic acid groups (broad SMARTS) is 1. The third kappa shape index (κ3) is 5.65. The lowest BCUT2D eigenvalue weighted by atomic mass is 9.89. The summed E-state index contributed by atoms with van der Waals surface area (Å²) in [7, 11) is 0. The summed E-state index contributed by atoms with van der Waals surface area (Å²) in [5, 5.41) is 23.1. The van der Waals surface area contributed by atoms with Crippen molar-refractivity contribution in [3.63, 3.8) is 0 Å². The fourth-order valence-electron chi connectivity index (χ4n) is 4.54. The first kappa shape index (κ1) is 25.2. The summed E-state index contributed by atoms with van der Waals surface area (Å²) in [5.41, 5.74) is 8.49. The number of nitrogens with two attached hydrogens (primary N) is 1. The molecule has 0 saturated carbocycles. The Kier molecular flexibility index (Phi) is 7.54. The topological polar surface area (TPSA) is 160 Å². The molecule has 190 valence electrons. The molecule has 10 heteroatoms. The maximum Gasteiger partial charge on any atom is 0.304 e. The second-order valence-electron chi connectivity index (χ2n) is 9.28. The van der Waals surface area contributed by atoms with Gasteiger partial charge in [-0.25, -0.2) is 4.98 Å². The molecular weight excluding hydrogens is 458 g/mol. The molecule has 36 heavy (non-hydrogen) atoms. The maximum atomic E-state index is 13.5. The first-order chi connectivity index (χ1) is 17.3. The summed E-state index contributed by atoms with van der Waals surface area (Å²) in [6, 6.07) is 13.1. The number of fused-ring (bicyclic) bond motifs is 1. The van der Waals surface area contributed by atoms with Gasteiger partial charge in [0.15, 0.2) is 0 Å². The first-order valence-corrected chi connectivity index (χ1v) is 12.2. The normalized spacial score (nSPS) is 15.1. The van der Waals surface area contributed by atoms with Crippen molar-refractivity contribution in [1.29, 1.82) is 5.41 Å². The largest absolute Gasteiger partial charge is 0.481 e. The number of hydrogen-bond acceptors (Lipinski definition) is 6. The van der Waals surface area contributed by atoms with Crippen LogP contribution in [-0.4, -0.2) is 63.9 Å². The molecule has 0 spiro atoms. The fraction of sp³-hybridized carbons (Fsp3) is 0.385. The molecule has 1 amide bonds. The van der Waals surface area contributed by atoms with Crippen LogP contribution in [-0.2, 0) is 21.5 Å². The number of likely N-dealkylation sites (tertiary alicyclic amines) is 1. The van der Waals surface area contributed by atoms with Crippen LogP contribution in [0, 0.1) is 5.41 Å². The lowest BCUT2D eigenvalue weighted by molar-refractivity contribution is -0.139. The monoisotopic (exact) mass is 491 g/mol. The van der Waals surface area contributed by atoms with Gasteiger partial charge in [0, 0.05) is 43.9 Å². The van der Waals surface area contributed by atoms with Crippen molar-refractivity contribution >= 4 is 34.4 Å². The highest BCUT2D eigenvalue weighted by Gasteiger charge is 2.39. The van der Waals surface area contributed by atoms with Crippen molar-refractivity contribution in [2.75, 3.05) is 31.5 Å². The number of rotatable bonds is 11. The Labute approximate surface area is 209 Å². The maximum absolute atomic E-state index is 13.5. The summed E-state index contributed by atoms with van der Waals surface area (Å²) < 4.78 is 0. The smallest absolute Gasteiger partial charge is 0.304 e. The minimum Gasteiger partial charge on any atom is -0.481 e. The van der Waals surface area contributed by atoms with Gasteiger partial charge in [0.25, 0.3) is 0 Å². The number of nitrogens with one attached hydrogen (secondary N) is 4. The van der Waals surface area contributed by atoms with Crippen LogP contribution < -0.4 is 16.4 Å². The number of nitrogens with zero attached hydrogens (tertiary/aromatic N) is 2. The minimum atomic E-state index is -1.03. The zero-order valence-corrected chi connectivity index (χ0v) is 20.4. The van der Waals surface area contributed by atoms with Gasteiger partial charge in [-0.3, -0.25) is 20.3 Å². The van der Waals surface area contributed by atoms with Gasteiger partial charge in [-0.05, 0) is 61.7 Å². The van der Waals surface area contributed by atoms with Crippen LogP contribution >= 0.6 is 0 Å². The summed E-state index contributed by atoms with van der Waals surface area (Å²) >= 11 is 0. The highest BCUT2D eigenvalue weighted by Crippen LogP contribution is 2.28. The standard InChI is InChI=1S/C26H33N7O3/c1-26(30-13-11-23(34)35,25(36)33-14-2-3-15-33)18-6-9-20-21(16-18)32-22(31-20)10-12-29-19-7-4-17(5-8-19)24(27)28/h4-9,16,29-30H,2-3,10-15H2,1H3,(H3,27,28)(H,31,32)(H,34,35). The lowest BCUT2D eigenvalue weighted by Gasteiger charge is -2.34. The van der Waals surface area contributed by atoms with Gasteiger partial charge in [0.1, 0.15) is 17.2 Å². The molecule has 0 radical (unpaired) electrons. The van der Waals surface area contributed by atoms with E-state index in [0.29, 0.717) is 18.5 Å². The number of anilines is 1. The van der Waals surface area contributed by atoms with Crippen molar-refractivity contribution in [3.8, 4) is 0 Å². The number of amides is 1. The predicted octanol–water partition coefficient (Wildman–Crippen LogP) is 2.40. The molecule has 1 fully saturated rings. The second kappa shape index (κ2) is 10.8. The molecule has 1 aliphatic rings. The van der Waals surface area contributed by atoms with Gasteiger partial charge in [0.2, 0.25) is 5.91 Å². The molecule has 7 N–H and O–H groups in total. The number of nitrogen functional groups attached to an aromatic ring is 1. The number of aromatic amines is 1. The number of hydrogen-bond donors (Lipinski definition) is 6. The zero-order chi connectivity index (χ0) is 25.7. The summed E-state index contributed by atoms with van der Waals surface area (Å²) in [6.45, 7) is 4.12. The van der Waals surface area contributed by atoms with Gasteiger partial charge < -0.3 is 26.0 Å². The summed E-state index contributed by atoms with van der Waals surface area (Å²) in [6.07, 6.45) is 2.56. The highest BCUT2D eigenvalue weighted by atomic mass is 16.4. The number of aliphatic carboxylic acids is 1. The molecule has 2 aromatic carbocycles. The summed E-state index contributed by atoms with van der Waals surface area (Å²) in [5.74, 6) is -0.0834. The minimum absolute atomic E-state index is 0.0375. The van der Waals surface area contributed by atoms with E-state index in [1.807, 2.05) is 42.2 Å². The summed E-state index contributed by atoms with van der Waals surface area (Å²) in [4.78, 5) is 34.4. The molecule has 1 unspecified atom stereocenters. The van der Waals surface area contributed by atoms with Crippen LogP contribution in [0.5, 0.6) is 0 Å².